The van der Waals surface area contributed by atoms with Crippen LogP contribution in [0, 0.1) is 0 Å². The summed E-state index contributed by atoms with van der Waals surface area (Å²) in [5.41, 5.74) is 0. The van der Waals surface area contributed by atoms with Crippen molar-refractivity contribution in [2.75, 3.05) is 6.54 Å². The fourth-order valence-electron chi connectivity index (χ4n) is 1.87. The highest BCUT2D eigenvalue weighted by molar-refractivity contribution is 7.34. The lowest BCUT2D eigenvalue weighted by atomic mass is 10.4. The van der Waals surface area contributed by atoms with Gasteiger partial charge in [0.15, 0.2) is 0 Å². The van der Waals surface area contributed by atoms with Crippen molar-refractivity contribution in [1.29, 1.82) is 0 Å². The fourth-order valence-corrected chi connectivity index (χ4v) is 3.71. The van der Waals surface area contributed by atoms with Crippen LogP contribution in [0.3, 0.4) is 0 Å². The predicted octanol–water partition coefficient (Wildman–Crippen LogP) is 10.8. The van der Waals surface area contributed by atoms with Gasteiger partial charge in [-0.3, -0.25) is 0 Å². The standard InChI is InChI=1S/C9H15N2P.C8H9N2P.C4H10.4C2H6/c1-3-7-10(4-2)12-11-8-5-6-9-11;1-2-6-9(5-1)11-10-7-3-4-8-10;1-3-4-2;4*1-2/h3,5-9,12H,4H2,1-2H3;1-8,11H;3-4H2,1-2H3;4*1-2H3/b7-3-;;;;;;. The summed E-state index contributed by atoms with van der Waals surface area (Å²) >= 11 is 0. The minimum atomic E-state index is 0.659. The molecule has 1 unspecified atom stereocenters. The smallest absolute Gasteiger partial charge is 0.0874 e. The van der Waals surface area contributed by atoms with Crippen LogP contribution in [-0.4, -0.2) is 24.2 Å². The van der Waals surface area contributed by atoms with E-state index in [1.165, 1.54) is 12.8 Å². The predicted molar refractivity (Wildman–Crippen MR) is 169 cm³/mol. The zero-order valence-corrected chi connectivity index (χ0v) is 27.0. The number of aromatic nitrogens is 3. The molecule has 4 nitrogen and oxygen atoms in total. The summed E-state index contributed by atoms with van der Waals surface area (Å²) in [4.78, 5) is 0. The van der Waals surface area contributed by atoms with Gasteiger partial charge in [-0.1, -0.05) is 88.2 Å². The van der Waals surface area contributed by atoms with E-state index in [9.17, 15) is 0 Å². The number of hydrogen-bond donors (Lipinski definition) is 0. The lowest BCUT2D eigenvalue weighted by Crippen LogP contribution is -2.06. The van der Waals surface area contributed by atoms with Crippen molar-refractivity contribution in [3.05, 3.63) is 85.9 Å². The van der Waals surface area contributed by atoms with E-state index >= 15 is 0 Å². The van der Waals surface area contributed by atoms with Crippen molar-refractivity contribution in [2.24, 2.45) is 0 Å². The van der Waals surface area contributed by atoms with Gasteiger partial charge in [0.25, 0.3) is 0 Å². The summed E-state index contributed by atoms with van der Waals surface area (Å²) in [6, 6.07) is 12.3. The maximum atomic E-state index is 2.28. The first kappa shape index (κ1) is 40.4. The van der Waals surface area contributed by atoms with Crippen LogP contribution >= 0.6 is 17.8 Å². The van der Waals surface area contributed by atoms with Crippen LogP contribution in [0.25, 0.3) is 0 Å². The SMILES string of the molecule is C/C=C\N(CC)Pn1cccc1.CC.CC.CC.CC.CCCC.c1ccn(Pn2cccc2)c1. The Labute approximate surface area is 223 Å². The highest BCUT2D eigenvalue weighted by atomic mass is 31.1. The Kier molecular flexibility index (Phi) is 42.5. The van der Waals surface area contributed by atoms with Crippen molar-refractivity contribution in [3.63, 3.8) is 0 Å². The Morgan fingerprint density at radius 1 is 0.571 bits per heavy atom. The van der Waals surface area contributed by atoms with E-state index < -0.39 is 0 Å². The van der Waals surface area contributed by atoms with Crippen molar-refractivity contribution >= 4 is 17.8 Å². The minimum Gasteiger partial charge on any atom is -0.343 e. The summed E-state index contributed by atoms with van der Waals surface area (Å²) in [6.45, 7) is 25.6. The van der Waals surface area contributed by atoms with Gasteiger partial charge in [-0.05, 0) is 56.4 Å². The molecule has 0 saturated carbocycles. The summed E-state index contributed by atoms with van der Waals surface area (Å²) in [6.07, 6.45) is 19.3. The summed E-state index contributed by atoms with van der Waals surface area (Å²) in [7, 11) is 1.35. The Bertz CT molecular complexity index is 642. The van der Waals surface area contributed by atoms with Gasteiger partial charge in [0.05, 0.1) is 17.8 Å². The van der Waals surface area contributed by atoms with Gasteiger partial charge in [-0.25, -0.2) is 0 Å². The summed E-state index contributed by atoms with van der Waals surface area (Å²) < 4.78 is 8.77. The van der Waals surface area contributed by atoms with E-state index in [0.717, 1.165) is 6.54 Å². The first-order valence-electron chi connectivity index (χ1n) is 13.6. The molecule has 0 amide bonds. The van der Waals surface area contributed by atoms with Crippen molar-refractivity contribution in [2.45, 2.75) is 95.9 Å². The zero-order valence-electron chi connectivity index (χ0n) is 25.0. The molecule has 0 bridgehead atoms. The van der Waals surface area contributed by atoms with E-state index in [-0.39, 0.29) is 0 Å². The highest BCUT2D eigenvalue weighted by Crippen LogP contribution is 2.20. The molecule has 0 aliphatic rings. The lowest BCUT2D eigenvalue weighted by molar-refractivity contribution is 0.641. The van der Waals surface area contributed by atoms with Gasteiger partial charge in [0.1, 0.15) is 0 Å². The number of nitrogens with zero attached hydrogens (tertiary/aromatic N) is 4. The van der Waals surface area contributed by atoms with Crippen LogP contribution in [0.4, 0.5) is 0 Å². The molecule has 3 rings (SSSR count). The quantitative estimate of drug-likeness (QED) is 0.281. The molecular weight excluding hydrogens is 466 g/mol. The van der Waals surface area contributed by atoms with Crippen LogP contribution < -0.4 is 0 Å². The molecule has 3 heterocycles. The van der Waals surface area contributed by atoms with Crippen LogP contribution in [0.15, 0.2) is 85.9 Å². The molecule has 0 saturated heterocycles. The fraction of sp³-hybridized carbons (Fsp3) is 0.517. The van der Waals surface area contributed by atoms with Crippen molar-refractivity contribution < 1.29 is 0 Å². The molecule has 0 aliphatic carbocycles. The molecule has 1 atom stereocenters. The maximum absolute atomic E-state index is 2.28. The van der Waals surface area contributed by atoms with Crippen LogP contribution in [0.5, 0.6) is 0 Å². The molecule has 0 aliphatic heterocycles. The third-order valence-electron chi connectivity index (χ3n) is 3.46. The second-order valence-corrected chi connectivity index (χ2v) is 8.26. The van der Waals surface area contributed by atoms with E-state index in [1.54, 1.807) is 0 Å². The number of rotatable bonds is 7. The van der Waals surface area contributed by atoms with Crippen LogP contribution in [0.1, 0.15) is 95.9 Å². The topological polar surface area (TPSA) is 18.0 Å². The number of allylic oxidation sites excluding steroid dienone is 1. The third kappa shape index (κ3) is 26.7. The first-order valence-corrected chi connectivity index (χ1v) is 15.3. The van der Waals surface area contributed by atoms with E-state index in [0.29, 0.717) is 17.8 Å². The molecule has 0 radical (unpaired) electrons. The molecule has 35 heavy (non-hydrogen) atoms. The summed E-state index contributed by atoms with van der Waals surface area (Å²) in [5, 5.41) is 0. The summed E-state index contributed by atoms with van der Waals surface area (Å²) in [5.74, 6) is 0. The van der Waals surface area contributed by atoms with Gasteiger partial charge in [0, 0.05) is 43.7 Å². The maximum Gasteiger partial charge on any atom is 0.0874 e. The Balaban J connectivity index is -0.000000192. The van der Waals surface area contributed by atoms with Crippen molar-refractivity contribution in [1.82, 2.24) is 17.7 Å². The minimum absolute atomic E-state index is 0.659. The van der Waals surface area contributed by atoms with E-state index in [1.807, 2.05) is 86.6 Å². The average molecular weight is 525 g/mol. The largest absolute Gasteiger partial charge is 0.343 e. The van der Waals surface area contributed by atoms with Crippen LogP contribution in [-0.2, 0) is 0 Å². The molecule has 0 N–H and O–H groups in total. The molecule has 6 heteroatoms. The van der Waals surface area contributed by atoms with Gasteiger partial charge < -0.3 is 17.7 Å². The molecule has 3 aromatic heterocycles. The van der Waals surface area contributed by atoms with Crippen LogP contribution in [0.2, 0.25) is 0 Å². The highest BCUT2D eigenvalue weighted by Gasteiger charge is 1.94. The van der Waals surface area contributed by atoms with Gasteiger partial charge in [0.2, 0.25) is 0 Å². The van der Waals surface area contributed by atoms with E-state index in [2.05, 4.69) is 100 Å². The second kappa shape index (κ2) is 36.8. The van der Waals surface area contributed by atoms with E-state index in [4.69, 9.17) is 0 Å². The monoisotopic (exact) mass is 524 g/mol. The molecule has 0 spiro atoms. The van der Waals surface area contributed by atoms with Gasteiger partial charge in [-0.2, -0.15) is 0 Å². The third-order valence-corrected chi connectivity index (χ3v) is 5.77. The molecular formula is C29H58N4P2. The Morgan fingerprint density at radius 3 is 1.14 bits per heavy atom. The number of unbranched alkanes of at least 4 members (excludes halogenated alkanes) is 1. The average Bonchev–Trinajstić information content (AvgIpc) is 3.75. The van der Waals surface area contributed by atoms with Crippen molar-refractivity contribution in [3.8, 4) is 0 Å². The normalized spacial score (nSPS) is 8.80. The molecule has 3 aromatic rings. The van der Waals surface area contributed by atoms with Gasteiger partial charge in [-0.15, -0.1) is 0 Å². The zero-order chi connectivity index (χ0) is 27.7. The molecule has 0 aromatic carbocycles. The van der Waals surface area contributed by atoms with Gasteiger partial charge >= 0.3 is 0 Å². The lowest BCUT2D eigenvalue weighted by Gasteiger charge is -2.17. The second-order valence-electron chi connectivity index (χ2n) is 5.74. The first-order chi connectivity index (χ1) is 17.2. The Hall–Kier alpha value is -1.76. The molecule has 204 valence electrons. The molecule has 0 fully saturated rings. The number of hydrogen-bond acceptors (Lipinski definition) is 1. The Morgan fingerprint density at radius 2 is 0.886 bits per heavy atom.